The molecule has 0 aliphatic carbocycles. The molecule has 2 aliphatic rings. The second-order valence-corrected chi connectivity index (χ2v) is 7.45. The van der Waals surface area contributed by atoms with Gasteiger partial charge in [-0.05, 0) is 24.1 Å². The number of pyridine rings is 1. The molecule has 158 valence electrons. The van der Waals surface area contributed by atoms with Crippen molar-refractivity contribution in [2.75, 3.05) is 31.8 Å². The number of halogens is 2. The zero-order chi connectivity index (χ0) is 21.4. The van der Waals surface area contributed by atoms with Crippen LogP contribution in [0.25, 0.3) is 0 Å². The predicted octanol–water partition coefficient (Wildman–Crippen LogP) is 2.07. The second kappa shape index (κ2) is 7.98. The van der Waals surface area contributed by atoms with Crippen LogP contribution in [-0.4, -0.2) is 54.6 Å². The fourth-order valence-electron chi connectivity index (χ4n) is 3.67. The summed E-state index contributed by atoms with van der Waals surface area (Å²) in [7, 11) is 1.38. The van der Waals surface area contributed by atoms with Gasteiger partial charge in [0.15, 0.2) is 11.6 Å². The maximum atomic E-state index is 14.5. The molecule has 30 heavy (non-hydrogen) atoms. The summed E-state index contributed by atoms with van der Waals surface area (Å²) < 4.78 is 38.7. The molecule has 1 atom stereocenters. The summed E-state index contributed by atoms with van der Waals surface area (Å²) in [6, 6.07) is 4.99. The van der Waals surface area contributed by atoms with E-state index in [1.807, 2.05) is 0 Å². The third-order valence-electron chi connectivity index (χ3n) is 5.46. The number of aryl methyl sites for hydroxylation is 1. The highest BCUT2D eigenvalue weighted by atomic mass is 19.1. The van der Waals surface area contributed by atoms with Crippen molar-refractivity contribution in [1.82, 2.24) is 9.88 Å². The van der Waals surface area contributed by atoms with Crippen molar-refractivity contribution >= 4 is 17.6 Å². The molecule has 1 aromatic heterocycles. The summed E-state index contributed by atoms with van der Waals surface area (Å²) in [5, 5.41) is 0. The van der Waals surface area contributed by atoms with Crippen LogP contribution in [-0.2, 0) is 20.9 Å². The van der Waals surface area contributed by atoms with Gasteiger partial charge in [0.1, 0.15) is 24.2 Å². The molecular formula is C21H21F2N3O4. The number of methoxy groups -OCH3 is 1. The highest BCUT2D eigenvalue weighted by Gasteiger charge is 2.47. The summed E-state index contributed by atoms with van der Waals surface area (Å²) in [4.78, 5) is 32.8. The molecule has 0 spiro atoms. The minimum atomic E-state index is -0.840. The van der Waals surface area contributed by atoms with Gasteiger partial charge in [0.2, 0.25) is 5.91 Å². The van der Waals surface area contributed by atoms with Crippen molar-refractivity contribution in [3.8, 4) is 5.75 Å². The van der Waals surface area contributed by atoms with Crippen LogP contribution in [0.4, 0.5) is 14.6 Å². The lowest BCUT2D eigenvalue weighted by atomic mass is 9.92. The minimum absolute atomic E-state index is 0.0787. The summed E-state index contributed by atoms with van der Waals surface area (Å²) in [5.41, 5.74) is 1.07. The third kappa shape index (κ3) is 3.60. The largest absolute Gasteiger partial charge is 0.495 e. The van der Waals surface area contributed by atoms with Gasteiger partial charge in [-0.3, -0.25) is 14.5 Å². The number of piperazine rings is 1. The summed E-state index contributed by atoms with van der Waals surface area (Å²) in [6.45, 7) is 2.00. The number of amides is 2. The molecule has 2 saturated heterocycles. The van der Waals surface area contributed by atoms with E-state index in [1.165, 1.54) is 24.3 Å². The maximum Gasteiger partial charge on any atom is 0.251 e. The Balaban J connectivity index is 1.65. The molecule has 2 aromatic rings. The van der Waals surface area contributed by atoms with E-state index in [1.54, 1.807) is 19.1 Å². The first-order valence-corrected chi connectivity index (χ1v) is 9.52. The molecule has 0 radical (unpaired) electrons. The summed E-state index contributed by atoms with van der Waals surface area (Å²) in [5.74, 6) is -2.18. The zero-order valence-electron chi connectivity index (χ0n) is 16.6. The number of aromatic nitrogens is 1. The molecule has 0 unspecified atom stereocenters. The Kier molecular flexibility index (Phi) is 5.38. The van der Waals surface area contributed by atoms with Crippen LogP contribution in [0.3, 0.4) is 0 Å². The van der Waals surface area contributed by atoms with E-state index in [-0.39, 0.29) is 42.3 Å². The van der Waals surface area contributed by atoms with Crippen LogP contribution < -0.4 is 9.64 Å². The van der Waals surface area contributed by atoms with Gasteiger partial charge in [-0.25, -0.2) is 13.8 Å². The van der Waals surface area contributed by atoms with Crippen LogP contribution >= 0.6 is 0 Å². The number of nitrogens with zero attached hydrogens (tertiary/aromatic N) is 3. The molecule has 2 fully saturated rings. The molecule has 9 heteroatoms. The van der Waals surface area contributed by atoms with Crippen molar-refractivity contribution in [3.63, 3.8) is 0 Å². The van der Waals surface area contributed by atoms with Crippen molar-refractivity contribution < 1.29 is 27.8 Å². The molecular weight excluding hydrogens is 396 g/mol. The zero-order valence-corrected chi connectivity index (χ0v) is 16.6. The number of carbonyl (C=O) groups is 2. The molecule has 2 amide bonds. The highest BCUT2D eigenvalue weighted by molar-refractivity contribution is 6.06. The number of hydrogen-bond acceptors (Lipinski definition) is 5. The Labute approximate surface area is 172 Å². The topological polar surface area (TPSA) is 72.0 Å². The lowest BCUT2D eigenvalue weighted by Gasteiger charge is -2.45. The quantitative estimate of drug-likeness (QED) is 0.745. The van der Waals surface area contributed by atoms with Gasteiger partial charge < -0.3 is 14.4 Å². The average Bonchev–Trinajstić information content (AvgIpc) is 2.68. The standard InChI is InChI=1S/C21H21F2N3O4/c1-12-3-4-13(5-16(12)22)8-25-18(27)9-26(21(28)19(25)14-10-30-11-14)20-17(23)6-15(29-2)7-24-20/h3-7,14,19H,8-11H2,1-2H3/t19-/m0/s1. The van der Waals surface area contributed by atoms with Gasteiger partial charge in [-0.15, -0.1) is 0 Å². The van der Waals surface area contributed by atoms with Crippen molar-refractivity contribution in [2.24, 2.45) is 5.92 Å². The van der Waals surface area contributed by atoms with Gasteiger partial charge in [0.05, 0.1) is 26.5 Å². The Morgan fingerprint density at radius 2 is 1.97 bits per heavy atom. The van der Waals surface area contributed by atoms with E-state index in [0.717, 1.165) is 11.0 Å². The average molecular weight is 417 g/mol. The number of ether oxygens (including phenoxy) is 2. The van der Waals surface area contributed by atoms with Crippen molar-refractivity contribution in [2.45, 2.75) is 19.5 Å². The van der Waals surface area contributed by atoms with Crippen molar-refractivity contribution in [1.29, 1.82) is 0 Å². The SMILES string of the molecule is COc1cnc(N2CC(=O)N(Cc3ccc(C)c(F)c3)[C@@H](C3COC3)C2=O)c(F)c1. The van der Waals surface area contributed by atoms with Gasteiger partial charge >= 0.3 is 0 Å². The molecule has 1 aromatic carbocycles. The molecule has 3 heterocycles. The van der Waals surface area contributed by atoms with E-state index in [4.69, 9.17) is 9.47 Å². The molecule has 0 saturated carbocycles. The predicted molar refractivity (Wildman–Crippen MR) is 103 cm³/mol. The first-order valence-electron chi connectivity index (χ1n) is 9.52. The van der Waals surface area contributed by atoms with Gasteiger partial charge in [-0.1, -0.05) is 12.1 Å². The van der Waals surface area contributed by atoms with Crippen LogP contribution in [0.15, 0.2) is 30.5 Å². The molecule has 4 rings (SSSR count). The number of benzene rings is 1. The molecule has 7 nitrogen and oxygen atoms in total. The van der Waals surface area contributed by atoms with Gasteiger partial charge in [-0.2, -0.15) is 0 Å². The molecule has 0 N–H and O–H groups in total. The second-order valence-electron chi connectivity index (χ2n) is 7.45. The normalized spacial score (nSPS) is 19.8. The Morgan fingerprint density at radius 1 is 1.20 bits per heavy atom. The minimum Gasteiger partial charge on any atom is -0.495 e. The van der Waals surface area contributed by atoms with Crippen LogP contribution in [0.2, 0.25) is 0 Å². The van der Waals surface area contributed by atoms with E-state index in [0.29, 0.717) is 24.3 Å². The fraction of sp³-hybridized carbons (Fsp3) is 0.381. The Bertz CT molecular complexity index is 996. The Morgan fingerprint density at radius 3 is 2.57 bits per heavy atom. The summed E-state index contributed by atoms with van der Waals surface area (Å²) in [6.07, 6.45) is 1.29. The fourth-order valence-corrected chi connectivity index (χ4v) is 3.67. The smallest absolute Gasteiger partial charge is 0.251 e. The monoisotopic (exact) mass is 417 g/mol. The van der Waals surface area contributed by atoms with Gasteiger partial charge in [0.25, 0.3) is 5.91 Å². The summed E-state index contributed by atoms with van der Waals surface area (Å²) >= 11 is 0. The van der Waals surface area contributed by atoms with Gasteiger partial charge in [0, 0.05) is 18.5 Å². The third-order valence-corrected chi connectivity index (χ3v) is 5.46. The van der Waals surface area contributed by atoms with Crippen LogP contribution in [0.1, 0.15) is 11.1 Å². The van der Waals surface area contributed by atoms with Crippen LogP contribution in [0, 0.1) is 24.5 Å². The Hall–Kier alpha value is -3.07. The first kappa shape index (κ1) is 20.2. The van der Waals surface area contributed by atoms with E-state index < -0.39 is 17.8 Å². The number of rotatable bonds is 5. The van der Waals surface area contributed by atoms with E-state index in [2.05, 4.69) is 4.98 Å². The van der Waals surface area contributed by atoms with Crippen molar-refractivity contribution in [3.05, 3.63) is 53.2 Å². The number of carbonyl (C=O) groups excluding carboxylic acids is 2. The lowest BCUT2D eigenvalue weighted by Crippen LogP contribution is -2.65. The van der Waals surface area contributed by atoms with Crippen LogP contribution in [0.5, 0.6) is 5.75 Å². The van der Waals surface area contributed by atoms with E-state index in [9.17, 15) is 18.4 Å². The maximum absolute atomic E-state index is 14.5. The first-order chi connectivity index (χ1) is 14.4. The molecule has 2 aliphatic heterocycles. The van der Waals surface area contributed by atoms with E-state index >= 15 is 0 Å². The number of hydrogen-bond donors (Lipinski definition) is 0. The molecule has 0 bridgehead atoms. The number of anilines is 1. The highest BCUT2D eigenvalue weighted by Crippen LogP contribution is 2.31. The lowest BCUT2D eigenvalue weighted by molar-refractivity contribution is -0.155.